The van der Waals surface area contributed by atoms with E-state index in [1.165, 1.54) is 10.1 Å². The fourth-order valence-corrected chi connectivity index (χ4v) is 1.86. The number of methoxy groups -OCH3 is 1. The van der Waals surface area contributed by atoms with Crippen LogP contribution in [0.2, 0.25) is 0 Å². The smallest absolute Gasteiger partial charge is 0.174 e. The van der Waals surface area contributed by atoms with Gasteiger partial charge >= 0.3 is 0 Å². The predicted octanol–water partition coefficient (Wildman–Crippen LogP) is 2.71. The molecule has 2 rings (SSSR count). The summed E-state index contributed by atoms with van der Waals surface area (Å²) < 4.78 is 6.33. The van der Waals surface area contributed by atoms with E-state index in [9.17, 15) is 0 Å². The zero-order valence-corrected chi connectivity index (χ0v) is 6.94. The largest absolute Gasteiger partial charge is 0.487 e. The lowest BCUT2D eigenvalue weighted by atomic mass is 10.3. The number of fused-ring (bicyclic) bond motifs is 1. The normalized spacial score (nSPS) is 10.3. The van der Waals surface area contributed by atoms with Crippen molar-refractivity contribution in [1.82, 2.24) is 0 Å². The fraction of sp³-hybridized carbons (Fsp3) is 0.111. The van der Waals surface area contributed by atoms with Crippen molar-refractivity contribution in [2.75, 3.05) is 7.11 Å². The lowest BCUT2D eigenvalue weighted by molar-refractivity contribution is 0.427. The SMILES string of the molecule is COc1cc2cc[c]cc2s1. The summed E-state index contributed by atoms with van der Waals surface area (Å²) in [5.41, 5.74) is 0. The van der Waals surface area contributed by atoms with E-state index >= 15 is 0 Å². The molecule has 0 amide bonds. The molecule has 55 valence electrons. The number of hydrogen-bond acceptors (Lipinski definition) is 2. The highest BCUT2D eigenvalue weighted by molar-refractivity contribution is 7.20. The van der Waals surface area contributed by atoms with Crippen molar-refractivity contribution in [2.24, 2.45) is 0 Å². The average molecular weight is 163 g/mol. The zero-order chi connectivity index (χ0) is 7.68. The number of thiophene rings is 1. The quantitative estimate of drug-likeness (QED) is 0.628. The standard InChI is InChI=1S/C9H7OS/c1-10-9-6-7-4-2-3-5-8(7)11-9/h2,4-6H,1H3. The Morgan fingerprint density at radius 3 is 3.18 bits per heavy atom. The minimum Gasteiger partial charge on any atom is -0.487 e. The molecule has 11 heavy (non-hydrogen) atoms. The molecule has 0 aliphatic rings. The van der Waals surface area contributed by atoms with Crippen LogP contribution in [0.3, 0.4) is 0 Å². The average Bonchev–Trinajstić information content (AvgIpc) is 2.46. The Bertz CT molecular complexity index is 331. The highest BCUT2D eigenvalue weighted by atomic mass is 32.1. The van der Waals surface area contributed by atoms with Gasteiger partial charge in [0.2, 0.25) is 0 Å². The van der Waals surface area contributed by atoms with Crippen molar-refractivity contribution in [3.63, 3.8) is 0 Å². The minimum atomic E-state index is 0.958. The topological polar surface area (TPSA) is 9.23 Å². The van der Waals surface area contributed by atoms with E-state index < -0.39 is 0 Å². The van der Waals surface area contributed by atoms with Gasteiger partial charge in [-0.15, -0.1) is 0 Å². The highest BCUT2D eigenvalue weighted by Gasteiger charge is 1.98. The number of benzene rings is 1. The van der Waals surface area contributed by atoms with E-state index in [-0.39, 0.29) is 0 Å². The summed E-state index contributed by atoms with van der Waals surface area (Å²) in [7, 11) is 1.69. The van der Waals surface area contributed by atoms with Gasteiger partial charge < -0.3 is 4.74 Å². The summed E-state index contributed by atoms with van der Waals surface area (Å²) in [5.74, 6) is 0. The van der Waals surface area contributed by atoms with Gasteiger partial charge in [0, 0.05) is 4.70 Å². The maximum atomic E-state index is 5.10. The van der Waals surface area contributed by atoms with Crippen molar-refractivity contribution < 1.29 is 4.74 Å². The Labute approximate surface area is 69.2 Å². The van der Waals surface area contributed by atoms with E-state index in [1.54, 1.807) is 18.4 Å². The lowest BCUT2D eigenvalue weighted by Gasteiger charge is -1.86. The van der Waals surface area contributed by atoms with Gasteiger partial charge in [-0.1, -0.05) is 23.5 Å². The number of rotatable bonds is 1. The molecule has 0 N–H and O–H groups in total. The summed E-state index contributed by atoms with van der Waals surface area (Å²) >= 11 is 1.64. The first-order valence-electron chi connectivity index (χ1n) is 3.34. The molecule has 0 aliphatic heterocycles. The van der Waals surface area contributed by atoms with Gasteiger partial charge in [0.25, 0.3) is 0 Å². The van der Waals surface area contributed by atoms with Crippen LogP contribution in [-0.2, 0) is 0 Å². The van der Waals surface area contributed by atoms with Crippen molar-refractivity contribution in [1.29, 1.82) is 0 Å². The second-order valence-electron chi connectivity index (χ2n) is 2.23. The molecule has 1 nitrogen and oxygen atoms in total. The van der Waals surface area contributed by atoms with Crippen LogP contribution in [0.15, 0.2) is 24.3 Å². The van der Waals surface area contributed by atoms with E-state index in [0.29, 0.717) is 0 Å². The molecule has 1 aromatic carbocycles. The van der Waals surface area contributed by atoms with Gasteiger partial charge in [0.05, 0.1) is 7.11 Å². The third-order valence-corrected chi connectivity index (χ3v) is 2.60. The maximum absolute atomic E-state index is 5.10. The van der Waals surface area contributed by atoms with Crippen LogP contribution in [0.4, 0.5) is 0 Å². The Kier molecular flexibility index (Phi) is 1.55. The molecule has 2 aromatic rings. The van der Waals surface area contributed by atoms with Gasteiger partial charge in [-0.05, 0) is 23.6 Å². The Hall–Kier alpha value is -1.02. The third kappa shape index (κ3) is 1.10. The van der Waals surface area contributed by atoms with E-state index in [2.05, 4.69) is 6.07 Å². The summed E-state index contributed by atoms with van der Waals surface area (Å²) in [6.45, 7) is 0. The predicted molar refractivity (Wildman–Crippen MR) is 47.2 cm³/mol. The van der Waals surface area contributed by atoms with Gasteiger partial charge in [-0.2, -0.15) is 0 Å². The first-order chi connectivity index (χ1) is 5.40. The summed E-state index contributed by atoms with van der Waals surface area (Å²) in [4.78, 5) is 0. The van der Waals surface area contributed by atoms with Crippen LogP contribution >= 0.6 is 11.3 Å². The molecule has 1 heterocycles. The maximum Gasteiger partial charge on any atom is 0.174 e. The first kappa shape index (κ1) is 6.68. The third-order valence-electron chi connectivity index (χ3n) is 1.54. The van der Waals surface area contributed by atoms with Crippen LogP contribution in [0.25, 0.3) is 10.1 Å². The van der Waals surface area contributed by atoms with Crippen LogP contribution in [0, 0.1) is 6.07 Å². The van der Waals surface area contributed by atoms with E-state index in [0.717, 1.165) is 5.06 Å². The summed E-state index contributed by atoms with van der Waals surface area (Å²) in [5, 5.41) is 2.19. The molecule has 0 spiro atoms. The van der Waals surface area contributed by atoms with Crippen molar-refractivity contribution in [3.8, 4) is 5.06 Å². The zero-order valence-electron chi connectivity index (χ0n) is 6.13. The van der Waals surface area contributed by atoms with Gasteiger partial charge in [-0.3, -0.25) is 0 Å². The van der Waals surface area contributed by atoms with Crippen molar-refractivity contribution in [2.45, 2.75) is 0 Å². The molecule has 0 aliphatic carbocycles. The lowest BCUT2D eigenvalue weighted by Crippen LogP contribution is -1.73. The molecule has 1 radical (unpaired) electrons. The Morgan fingerprint density at radius 2 is 2.45 bits per heavy atom. The molecule has 0 fully saturated rings. The minimum absolute atomic E-state index is 0.958. The van der Waals surface area contributed by atoms with Crippen molar-refractivity contribution in [3.05, 3.63) is 30.3 Å². The molecule has 0 saturated carbocycles. The fourth-order valence-electron chi connectivity index (χ4n) is 1.00. The second kappa shape index (κ2) is 2.55. The molecule has 0 unspecified atom stereocenters. The van der Waals surface area contributed by atoms with Crippen LogP contribution < -0.4 is 4.74 Å². The molecule has 0 atom stereocenters. The summed E-state index contributed by atoms with van der Waals surface area (Å²) in [6.07, 6.45) is 0. The van der Waals surface area contributed by atoms with Gasteiger partial charge in [-0.25, -0.2) is 0 Å². The molecule has 0 bridgehead atoms. The van der Waals surface area contributed by atoms with E-state index in [4.69, 9.17) is 4.74 Å². The molecular formula is C9H7OS. The number of hydrogen-bond donors (Lipinski definition) is 0. The Morgan fingerprint density at radius 1 is 1.55 bits per heavy atom. The highest BCUT2D eigenvalue weighted by Crippen LogP contribution is 2.30. The molecular weight excluding hydrogens is 156 g/mol. The van der Waals surface area contributed by atoms with Crippen molar-refractivity contribution >= 4 is 21.4 Å². The number of ether oxygens (including phenoxy) is 1. The first-order valence-corrected chi connectivity index (χ1v) is 4.15. The van der Waals surface area contributed by atoms with Crippen LogP contribution in [-0.4, -0.2) is 7.11 Å². The molecule has 2 heteroatoms. The second-order valence-corrected chi connectivity index (χ2v) is 3.28. The van der Waals surface area contributed by atoms with Crippen LogP contribution in [0.1, 0.15) is 0 Å². The molecule has 1 aromatic heterocycles. The van der Waals surface area contributed by atoms with E-state index in [1.807, 2.05) is 24.3 Å². The molecule has 0 saturated heterocycles. The monoisotopic (exact) mass is 163 g/mol. The van der Waals surface area contributed by atoms with Gasteiger partial charge in [0.15, 0.2) is 5.06 Å². The van der Waals surface area contributed by atoms with Gasteiger partial charge in [0.1, 0.15) is 0 Å². The van der Waals surface area contributed by atoms with Crippen LogP contribution in [0.5, 0.6) is 5.06 Å². The summed E-state index contributed by atoms with van der Waals surface area (Å²) in [6, 6.07) is 11.0. The Balaban J connectivity index is 2.69.